The van der Waals surface area contributed by atoms with Crippen LogP contribution in [0.15, 0.2) is 4.52 Å². The minimum atomic E-state index is -0.940. The fraction of sp³-hybridized carbons (Fsp3) is 0.643. The molecular weight excluding hydrogens is 274 g/mol. The summed E-state index contributed by atoms with van der Waals surface area (Å²) in [5.74, 6) is -0.275. The highest BCUT2D eigenvalue weighted by Crippen LogP contribution is 2.18. The number of carbonyl (C=O) groups is 2. The molecule has 21 heavy (non-hydrogen) atoms. The molecule has 2 rings (SSSR count). The van der Waals surface area contributed by atoms with E-state index in [4.69, 9.17) is 4.52 Å². The van der Waals surface area contributed by atoms with Crippen molar-refractivity contribution in [2.24, 2.45) is 0 Å². The molecule has 2 heterocycles. The van der Waals surface area contributed by atoms with Crippen molar-refractivity contribution in [3.63, 3.8) is 0 Å². The first-order valence-corrected chi connectivity index (χ1v) is 7.19. The zero-order valence-corrected chi connectivity index (χ0v) is 12.4. The highest BCUT2D eigenvalue weighted by atomic mass is 16.5. The Kier molecular flexibility index (Phi) is 4.82. The van der Waals surface area contributed by atoms with Crippen LogP contribution in [0.3, 0.4) is 0 Å². The fourth-order valence-electron chi connectivity index (χ4n) is 2.63. The summed E-state index contributed by atoms with van der Waals surface area (Å²) < 4.78 is 5.04. The fourth-order valence-corrected chi connectivity index (χ4v) is 2.63. The van der Waals surface area contributed by atoms with Gasteiger partial charge in [-0.15, -0.1) is 0 Å². The van der Waals surface area contributed by atoms with Crippen LogP contribution in [-0.4, -0.2) is 39.8 Å². The van der Waals surface area contributed by atoms with Crippen LogP contribution in [0.1, 0.15) is 42.7 Å². The monoisotopic (exact) mass is 295 g/mol. The first-order chi connectivity index (χ1) is 10.0. The Bertz CT molecular complexity index is 507. The smallest absolute Gasteiger partial charge is 0.326 e. The molecule has 7 nitrogen and oxygen atoms in total. The van der Waals surface area contributed by atoms with Gasteiger partial charge in [-0.25, -0.2) is 9.59 Å². The lowest BCUT2D eigenvalue weighted by Gasteiger charge is -2.27. The summed E-state index contributed by atoms with van der Waals surface area (Å²) in [6, 6.07) is -1.08. The van der Waals surface area contributed by atoms with E-state index in [0.29, 0.717) is 25.3 Å². The van der Waals surface area contributed by atoms with Crippen LogP contribution in [0.4, 0.5) is 4.79 Å². The number of carboxylic acids is 1. The summed E-state index contributed by atoms with van der Waals surface area (Å²) in [4.78, 5) is 25.0. The molecule has 7 heteroatoms. The number of nitrogens with one attached hydrogen (secondary N) is 1. The minimum Gasteiger partial charge on any atom is -0.480 e. The number of aryl methyl sites for hydroxylation is 2. The molecule has 0 spiro atoms. The maximum Gasteiger partial charge on any atom is 0.326 e. The number of urea groups is 1. The number of hydrogen-bond acceptors (Lipinski definition) is 4. The number of rotatable bonds is 3. The zero-order chi connectivity index (χ0) is 15.4. The highest BCUT2D eigenvalue weighted by molar-refractivity contribution is 5.82. The second kappa shape index (κ2) is 6.60. The molecule has 0 radical (unpaired) electrons. The van der Waals surface area contributed by atoms with E-state index in [2.05, 4.69) is 10.5 Å². The topological polar surface area (TPSA) is 95.7 Å². The Morgan fingerprint density at radius 1 is 1.38 bits per heavy atom. The predicted octanol–water partition coefficient (Wildman–Crippen LogP) is 1.83. The van der Waals surface area contributed by atoms with E-state index in [9.17, 15) is 14.7 Å². The average Bonchev–Trinajstić information content (AvgIpc) is 2.68. The molecule has 0 aromatic carbocycles. The number of likely N-dealkylation sites (tertiary alicyclic amines) is 1. The Balaban J connectivity index is 2.02. The minimum absolute atomic E-state index is 0.294. The van der Waals surface area contributed by atoms with Gasteiger partial charge in [-0.3, -0.25) is 0 Å². The molecule has 0 bridgehead atoms. The SMILES string of the molecule is Cc1noc(C)c1CNC(=O)N1CCCCCC1C(=O)O. The molecule has 1 aromatic rings. The Morgan fingerprint density at radius 2 is 2.14 bits per heavy atom. The molecule has 116 valence electrons. The zero-order valence-electron chi connectivity index (χ0n) is 12.4. The summed E-state index contributed by atoms with van der Waals surface area (Å²) >= 11 is 0. The average molecular weight is 295 g/mol. The van der Waals surface area contributed by atoms with E-state index in [1.807, 2.05) is 6.92 Å². The van der Waals surface area contributed by atoms with Gasteiger partial charge >= 0.3 is 12.0 Å². The summed E-state index contributed by atoms with van der Waals surface area (Å²) in [6.07, 6.45) is 3.14. The number of aromatic nitrogens is 1. The van der Waals surface area contributed by atoms with Gasteiger partial charge in [-0.2, -0.15) is 0 Å². The van der Waals surface area contributed by atoms with Crippen LogP contribution in [0.2, 0.25) is 0 Å². The van der Waals surface area contributed by atoms with E-state index in [0.717, 1.165) is 30.5 Å². The Hall–Kier alpha value is -2.05. The van der Waals surface area contributed by atoms with Crippen molar-refractivity contribution in [1.29, 1.82) is 0 Å². The molecular formula is C14H21N3O4. The summed E-state index contributed by atoms with van der Waals surface area (Å²) in [6.45, 7) is 4.37. The van der Waals surface area contributed by atoms with Crippen LogP contribution in [0, 0.1) is 13.8 Å². The molecule has 0 aliphatic carbocycles. The third-order valence-electron chi connectivity index (χ3n) is 3.90. The van der Waals surface area contributed by atoms with Crippen molar-refractivity contribution in [1.82, 2.24) is 15.4 Å². The second-order valence-corrected chi connectivity index (χ2v) is 5.36. The van der Waals surface area contributed by atoms with Gasteiger partial charge in [-0.05, 0) is 26.7 Å². The van der Waals surface area contributed by atoms with E-state index in [-0.39, 0.29) is 6.03 Å². The number of amides is 2. The number of carboxylic acid groups (broad SMARTS) is 1. The van der Waals surface area contributed by atoms with Gasteiger partial charge in [0.05, 0.1) is 5.69 Å². The van der Waals surface area contributed by atoms with E-state index >= 15 is 0 Å². The molecule has 1 saturated heterocycles. The lowest BCUT2D eigenvalue weighted by Crippen LogP contribution is -2.49. The van der Waals surface area contributed by atoms with Gasteiger partial charge < -0.3 is 19.8 Å². The third-order valence-corrected chi connectivity index (χ3v) is 3.90. The molecule has 1 unspecified atom stereocenters. The predicted molar refractivity (Wildman–Crippen MR) is 74.8 cm³/mol. The molecule has 2 N–H and O–H groups in total. The molecule has 1 aromatic heterocycles. The van der Waals surface area contributed by atoms with Crippen molar-refractivity contribution in [2.75, 3.05) is 6.54 Å². The van der Waals surface area contributed by atoms with Crippen molar-refractivity contribution in [3.05, 3.63) is 17.0 Å². The van der Waals surface area contributed by atoms with Crippen LogP contribution >= 0.6 is 0 Å². The van der Waals surface area contributed by atoms with Crippen LogP contribution < -0.4 is 5.32 Å². The molecule has 1 atom stereocenters. The lowest BCUT2D eigenvalue weighted by atomic mass is 10.1. The largest absolute Gasteiger partial charge is 0.480 e. The summed E-state index contributed by atoms with van der Waals surface area (Å²) in [5.41, 5.74) is 1.57. The number of carbonyl (C=O) groups excluding carboxylic acids is 1. The van der Waals surface area contributed by atoms with Gasteiger partial charge in [0.25, 0.3) is 0 Å². The van der Waals surface area contributed by atoms with E-state index in [1.165, 1.54) is 4.90 Å². The van der Waals surface area contributed by atoms with Gasteiger partial charge in [-0.1, -0.05) is 18.0 Å². The van der Waals surface area contributed by atoms with Crippen LogP contribution in [-0.2, 0) is 11.3 Å². The number of aliphatic carboxylic acids is 1. The molecule has 1 aliphatic rings. The van der Waals surface area contributed by atoms with E-state index < -0.39 is 12.0 Å². The third kappa shape index (κ3) is 3.53. The summed E-state index contributed by atoms with van der Waals surface area (Å²) in [7, 11) is 0. The standard InChI is InChI=1S/C14H21N3O4/c1-9-11(10(2)21-16-9)8-15-14(20)17-7-5-3-4-6-12(17)13(18)19/h12H,3-8H2,1-2H3,(H,15,20)(H,18,19). The van der Waals surface area contributed by atoms with Crippen molar-refractivity contribution in [3.8, 4) is 0 Å². The first kappa shape index (κ1) is 15.3. The maximum atomic E-state index is 12.3. The maximum absolute atomic E-state index is 12.3. The van der Waals surface area contributed by atoms with Crippen molar-refractivity contribution in [2.45, 2.75) is 52.1 Å². The first-order valence-electron chi connectivity index (χ1n) is 7.19. The molecule has 2 amide bonds. The quantitative estimate of drug-likeness (QED) is 0.887. The molecule has 1 fully saturated rings. The van der Waals surface area contributed by atoms with Gasteiger partial charge in [0.2, 0.25) is 0 Å². The normalized spacial score (nSPS) is 19.1. The Morgan fingerprint density at radius 3 is 2.76 bits per heavy atom. The van der Waals surface area contributed by atoms with Crippen molar-refractivity contribution < 1.29 is 19.2 Å². The Labute approximate surface area is 123 Å². The van der Waals surface area contributed by atoms with E-state index in [1.54, 1.807) is 6.92 Å². The number of hydrogen-bond donors (Lipinski definition) is 2. The lowest BCUT2D eigenvalue weighted by molar-refractivity contribution is -0.142. The van der Waals surface area contributed by atoms with Crippen LogP contribution in [0.5, 0.6) is 0 Å². The van der Waals surface area contributed by atoms with Gasteiger partial charge in [0, 0.05) is 18.7 Å². The van der Waals surface area contributed by atoms with Gasteiger partial charge in [0.1, 0.15) is 11.8 Å². The molecule has 0 saturated carbocycles. The second-order valence-electron chi connectivity index (χ2n) is 5.36. The van der Waals surface area contributed by atoms with Crippen molar-refractivity contribution >= 4 is 12.0 Å². The van der Waals surface area contributed by atoms with Crippen LogP contribution in [0.25, 0.3) is 0 Å². The highest BCUT2D eigenvalue weighted by Gasteiger charge is 2.30. The summed E-state index contributed by atoms with van der Waals surface area (Å²) in [5, 5.41) is 15.9. The molecule has 1 aliphatic heterocycles. The number of nitrogens with zero attached hydrogens (tertiary/aromatic N) is 2. The van der Waals surface area contributed by atoms with Gasteiger partial charge in [0.15, 0.2) is 0 Å².